The average molecular weight is 453 g/mol. The van der Waals surface area contributed by atoms with E-state index in [1.165, 1.54) is 31.0 Å². The Morgan fingerprint density at radius 3 is 2.75 bits per heavy atom. The van der Waals surface area contributed by atoms with E-state index in [0.29, 0.717) is 34.2 Å². The average Bonchev–Trinajstić information content (AvgIpc) is 3.18. The number of amidine groups is 1. The van der Waals surface area contributed by atoms with Crippen molar-refractivity contribution in [3.05, 3.63) is 88.1 Å². The lowest BCUT2D eigenvalue weighted by Gasteiger charge is -2.36. The topological polar surface area (TPSA) is 83.9 Å². The van der Waals surface area contributed by atoms with Crippen LogP contribution in [0.15, 0.2) is 76.2 Å². The Kier molecular flexibility index (Phi) is 6.36. The lowest BCUT2D eigenvalue weighted by molar-refractivity contribution is -0.136. The summed E-state index contributed by atoms with van der Waals surface area (Å²) in [4.78, 5) is 35.6. The first-order valence-corrected chi connectivity index (χ1v) is 10.8. The molecular formula is C23H21FN4O3S. The molecule has 2 aliphatic heterocycles. The van der Waals surface area contributed by atoms with Crippen LogP contribution in [0.1, 0.15) is 30.5 Å². The normalized spacial score (nSPS) is 17.5. The number of esters is 1. The zero-order valence-corrected chi connectivity index (χ0v) is 18.4. The fraction of sp³-hybridized carbons (Fsp3) is 0.217. The standard InChI is InChI=1S/C23H21FN4O3S/c1-14-20(22(30)31-2)21(16-4-3-5-17(24)10-16)28-18(13-32-23(28)27-14)11-19(29)26-12-15-6-8-25-9-7-15/h3-10,13,21H,11-12H2,1-2H3,(H,26,29)/t21-/m0/s1. The van der Waals surface area contributed by atoms with Crippen LogP contribution in [0.5, 0.6) is 0 Å². The van der Waals surface area contributed by atoms with E-state index in [-0.39, 0.29) is 12.3 Å². The van der Waals surface area contributed by atoms with E-state index in [4.69, 9.17) is 4.74 Å². The second kappa shape index (κ2) is 9.35. The van der Waals surface area contributed by atoms with Gasteiger partial charge >= 0.3 is 5.97 Å². The number of methoxy groups -OCH3 is 1. The molecule has 1 amide bonds. The molecule has 0 aliphatic carbocycles. The number of fused-ring (bicyclic) bond motifs is 1. The van der Waals surface area contributed by atoms with E-state index < -0.39 is 17.8 Å². The second-order valence-corrected chi connectivity index (χ2v) is 8.09. The van der Waals surface area contributed by atoms with Crippen LogP contribution in [-0.4, -0.2) is 34.0 Å². The Morgan fingerprint density at radius 1 is 1.25 bits per heavy atom. The first-order chi connectivity index (χ1) is 15.5. The van der Waals surface area contributed by atoms with Crippen LogP contribution in [0.25, 0.3) is 0 Å². The van der Waals surface area contributed by atoms with Gasteiger partial charge in [0.15, 0.2) is 5.17 Å². The molecule has 0 fully saturated rings. The third-order valence-corrected chi connectivity index (χ3v) is 6.04. The lowest BCUT2D eigenvalue weighted by atomic mass is 9.94. The molecule has 4 rings (SSSR count). The number of amides is 1. The zero-order chi connectivity index (χ0) is 22.7. The molecule has 0 saturated carbocycles. The lowest BCUT2D eigenvalue weighted by Crippen LogP contribution is -2.38. The van der Waals surface area contributed by atoms with Crippen LogP contribution in [-0.2, 0) is 20.9 Å². The van der Waals surface area contributed by atoms with Gasteiger partial charge < -0.3 is 15.0 Å². The zero-order valence-electron chi connectivity index (χ0n) is 17.5. The minimum absolute atomic E-state index is 0.0798. The number of allylic oxidation sites excluding steroid dienone is 1. The summed E-state index contributed by atoms with van der Waals surface area (Å²) in [5.74, 6) is -1.14. The maximum atomic E-state index is 14.1. The van der Waals surface area contributed by atoms with Crippen LogP contribution in [0.2, 0.25) is 0 Å². The van der Waals surface area contributed by atoms with Gasteiger partial charge in [0.2, 0.25) is 5.91 Å². The molecule has 32 heavy (non-hydrogen) atoms. The Labute approximate surface area is 189 Å². The summed E-state index contributed by atoms with van der Waals surface area (Å²) in [6, 6.07) is 9.07. The van der Waals surface area contributed by atoms with E-state index in [0.717, 1.165) is 5.56 Å². The van der Waals surface area contributed by atoms with E-state index in [9.17, 15) is 14.0 Å². The molecule has 7 nitrogen and oxygen atoms in total. The highest BCUT2D eigenvalue weighted by atomic mass is 32.2. The van der Waals surface area contributed by atoms with Gasteiger partial charge in [-0.2, -0.15) is 0 Å². The fourth-order valence-corrected chi connectivity index (χ4v) is 4.63. The molecule has 0 bridgehead atoms. The van der Waals surface area contributed by atoms with Crippen LogP contribution >= 0.6 is 11.8 Å². The van der Waals surface area contributed by atoms with Crippen LogP contribution in [0.4, 0.5) is 4.39 Å². The predicted octanol–water partition coefficient (Wildman–Crippen LogP) is 3.68. The van der Waals surface area contributed by atoms with Crippen LogP contribution in [0, 0.1) is 5.82 Å². The minimum Gasteiger partial charge on any atom is -0.466 e. The monoisotopic (exact) mass is 452 g/mol. The smallest absolute Gasteiger partial charge is 0.338 e. The van der Waals surface area contributed by atoms with Crippen molar-refractivity contribution in [3.63, 3.8) is 0 Å². The number of carbonyl (C=O) groups is 2. The van der Waals surface area contributed by atoms with Gasteiger partial charge in [0.1, 0.15) is 5.82 Å². The molecule has 1 aromatic carbocycles. The first-order valence-electron chi connectivity index (χ1n) is 9.91. The van der Waals surface area contributed by atoms with Crippen molar-refractivity contribution in [1.29, 1.82) is 0 Å². The highest BCUT2D eigenvalue weighted by molar-refractivity contribution is 8.16. The van der Waals surface area contributed by atoms with Crippen LogP contribution < -0.4 is 5.32 Å². The molecule has 1 N–H and O–H groups in total. The van der Waals surface area contributed by atoms with Crippen molar-refractivity contribution in [2.45, 2.75) is 25.9 Å². The molecule has 3 heterocycles. The molecule has 9 heteroatoms. The third-order valence-electron chi connectivity index (χ3n) is 5.15. The molecule has 1 atom stereocenters. The van der Waals surface area contributed by atoms with E-state index in [2.05, 4.69) is 15.3 Å². The Morgan fingerprint density at radius 2 is 2.03 bits per heavy atom. The van der Waals surface area contributed by atoms with Gasteiger partial charge in [-0.05, 0) is 47.7 Å². The molecule has 164 valence electrons. The molecule has 0 spiro atoms. The summed E-state index contributed by atoms with van der Waals surface area (Å²) in [6.07, 6.45) is 3.41. The second-order valence-electron chi connectivity index (χ2n) is 7.25. The Balaban J connectivity index is 1.61. The van der Waals surface area contributed by atoms with Gasteiger partial charge in [-0.3, -0.25) is 9.78 Å². The van der Waals surface area contributed by atoms with E-state index in [1.54, 1.807) is 31.5 Å². The van der Waals surface area contributed by atoms with E-state index in [1.807, 2.05) is 22.4 Å². The van der Waals surface area contributed by atoms with E-state index >= 15 is 0 Å². The van der Waals surface area contributed by atoms with Crippen molar-refractivity contribution in [1.82, 2.24) is 15.2 Å². The molecular weight excluding hydrogens is 431 g/mol. The van der Waals surface area contributed by atoms with Crippen molar-refractivity contribution in [3.8, 4) is 0 Å². The first kappa shape index (κ1) is 21.8. The van der Waals surface area contributed by atoms with Gasteiger partial charge in [0.05, 0.1) is 30.8 Å². The van der Waals surface area contributed by atoms with Gasteiger partial charge in [0, 0.05) is 24.6 Å². The summed E-state index contributed by atoms with van der Waals surface area (Å²) >= 11 is 1.36. The van der Waals surface area contributed by atoms with Gasteiger partial charge in [-0.25, -0.2) is 14.2 Å². The molecule has 1 aromatic heterocycles. The number of rotatable bonds is 6. The number of carbonyl (C=O) groups excluding carboxylic acids is 2. The minimum atomic E-state index is -0.653. The Bertz CT molecular complexity index is 1150. The van der Waals surface area contributed by atoms with Gasteiger partial charge in [0.25, 0.3) is 0 Å². The maximum absolute atomic E-state index is 14.1. The number of aliphatic imine (C=N–C) groups is 1. The number of halogens is 1. The largest absolute Gasteiger partial charge is 0.466 e. The number of pyridine rings is 1. The number of ether oxygens (including phenoxy) is 1. The number of thioether (sulfide) groups is 1. The maximum Gasteiger partial charge on any atom is 0.338 e. The third kappa shape index (κ3) is 4.43. The van der Waals surface area contributed by atoms with Crippen molar-refractivity contribution < 1.29 is 18.7 Å². The molecule has 0 radical (unpaired) electrons. The molecule has 0 unspecified atom stereocenters. The van der Waals surface area contributed by atoms with Crippen molar-refractivity contribution in [2.75, 3.05) is 7.11 Å². The van der Waals surface area contributed by atoms with Crippen molar-refractivity contribution in [2.24, 2.45) is 4.99 Å². The number of benzene rings is 1. The summed E-state index contributed by atoms with van der Waals surface area (Å²) in [5, 5.41) is 5.36. The summed E-state index contributed by atoms with van der Waals surface area (Å²) in [7, 11) is 1.30. The number of nitrogens with zero attached hydrogens (tertiary/aromatic N) is 3. The SMILES string of the molecule is COC(=O)C1=C(C)N=C2SC=C(CC(=O)NCc3ccncc3)N2[C@H]1c1cccc(F)c1. The van der Waals surface area contributed by atoms with Gasteiger partial charge in [-0.1, -0.05) is 23.9 Å². The molecule has 2 aliphatic rings. The summed E-state index contributed by atoms with van der Waals surface area (Å²) in [5.41, 5.74) is 2.99. The van der Waals surface area contributed by atoms with Crippen LogP contribution in [0.3, 0.4) is 0 Å². The number of hydrogen-bond acceptors (Lipinski definition) is 7. The summed E-state index contributed by atoms with van der Waals surface area (Å²) < 4.78 is 19.1. The fourth-order valence-electron chi connectivity index (χ4n) is 3.66. The molecule has 0 saturated heterocycles. The molecule has 2 aromatic rings. The highest BCUT2D eigenvalue weighted by Crippen LogP contribution is 2.44. The predicted molar refractivity (Wildman–Crippen MR) is 120 cm³/mol. The Hall–Kier alpha value is -3.46. The number of aromatic nitrogens is 1. The quantitative estimate of drug-likeness (QED) is 0.674. The number of nitrogens with one attached hydrogen (secondary N) is 1. The van der Waals surface area contributed by atoms with Gasteiger partial charge in [-0.15, -0.1) is 0 Å². The van der Waals surface area contributed by atoms with Crippen molar-refractivity contribution >= 4 is 28.8 Å². The number of hydrogen-bond donors (Lipinski definition) is 1. The summed E-state index contributed by atoms with van der Waals surface area (Å²) in [6.45, 7) is 2.10. The highest BCUT2D eigenvalue weighted by Gasteiger charge is 2.41.